The second-order valence-electron chi connectivity index (χ2n) is 4.11. The largest absolute Gasteiger partial charge is 0.492 e. The van der Waals surface area contributed by atoms with E-state index in [0.717, 1.165) is 5.69 Å². The molecule has 5 heteroatoms. The Morgan fingerprint density at radius 2 is 1.75 bits per heavy atom. The van der Waals surface area contributed by atoms with E-state index in [1.807, 2.05) is 0 Å². The van der Waals surface area contributed by atoms with Crippen molar-refractivity contribution in [3.05, 3.63) is 59.9 Å². The Labute approximate surface area is 115 Å². The summed E-state index contributed by atoms with van der Waals surface area (Å²) in [4.78, 5) is 10.7. The number of benzene rings is 2. The van der Waals surface area contributed by atoms with Crippen molar-refractivity contribution in [3.8, 4) is 5.75 Å². The molecule has 0 atom stereocenters. The van der Waals surface area contributed by atoms with Crippen LogP contribution in [0.3, 0.4) is 0 Å². The van der Waals surface area contributed by atoms with Gasteiger partial charge >= 0.3 is 5.97 Å². The van der Waals surface area contributed by atoms with Crippen molar-refractivity contribution < 1.29 is 19.0 Å². The Kier molecular flexibility index (Phi) is 4.55. The van der Waals surface area contributed by atoms with Crippen LogP contribution in [0.25, 0.3) is 0 Å². The molecule has 0 saturated heterocycles. The lowest BCUT2D eigenvalue weighted by Gasteiger charge is -2.08. The Bertz CT molecular complexity index is 567. The number of ether oxygens (including phenoxy) is 1. The summed E-state index contributed by atoms with van der Waals surface area (Å²) in [5, 5.41) is 11.8. The number of nitrogens with one attached hydrogen (secondary N) is 1. The number of anilines is 1. The SMILES string of the molecule is O=C(O)c1ccc(OCCNc2ccc(F)cc2)cc1. The average molecular weight is 275 g/mol. The van der Waals surface area contributed by atoms with Gasteiger partial charge in [0, 0.05) is 12.2 Å². The van der Waals surface area contributed by atoms with Gasteiger partial charge in [0.05, 0.1) is 5.56 Å². The number of aromatic carboxylic acids is 1. The van der Waals surface area contributed by atoms with Crippen LogP contribution in [0, 0.1) is 5.82 Å². The second-order valence-corrected chi connectivity index (χ2v) is 4.11. The summed E-state index contributed by atoms with van der Waals surface area (Å²) < 4.78 is 18.1. The highest BCUT2D eigenvalue weighted by atomic mass is 19.1. The second kappa shape index (κ2) is 6.56. The average Bonchev–Trinajstić information content (AvgIpc) is 2.46. The van der Waals surface area contributed by atoms with Crippen LogP contribution in [0.5, 0.6) is 5.75 Å². The minimum atomic E-state index is -0.963. The first-order valence-electron chi connectivity index (χ1n) is 6.11. The third-order valence-corrected chi connectivity index (χ3v) is 2.65. The summed E-state index contributed by atoms with van der Waals surface area (Å²) in [6, 6.07) is 12.3. The molecule has 2 N–H and O–H groups in total. The van der Waals surface area contributed by atoms with E-state index < -0.39 is 5.97 Å². The molecule has 0 aliphatic rings. The Balaban J connectivity index is 1.75. The molecule has 0 aromatic heterocycles. The van der Waals surface area contributed by atoms with Crippen LogP contribution >= 0.6 is 0 Å². The lowest BCUT2D eigenvalue weighted by molar-refractivity contribution is 0.0697. The Morgan fingerprint density at radius 1 is 1.10 bits per heavy atom. The summed E-state index contributed by atoms with van der Waals surface area (Å²) in [5.74, 6) is -0.629. The lowest BCUT2D eigenvalue weighted by Crippen LogP contribution is -2.11. The molecule has 0 fully saturated rings. The molecule has 0 aliphatic heterocycles. The normalized spacial score (nSPS) is 10.1. The fourth-order valence-electron chi connectivity index (χ4n) is 1.63. The number of halogens is 1. The predicted octanol–water partition coefficient (Wildman–Crippen LogP) is 3.01. The lowest BCUT2D eigenvalue weighted by atomic mass is 10.2. The fraction of sp³-hybridized carbons (Fsp3) is 0.133. The van der Waals surface area contributed by atoms with E-state index in [-0.39, 0.29) is 11.4 Å². The van der Waals surface area contributed by atoms with E-state index >= 15 is 0 Å². The van der Waals surface area contributed by atoms with Gasteiger partial charge in [-0.15, -0.1) is 0 Å². The summed E-state index contributed by atoms with van der Waals surface area (Å²) in [6.45, 7) is 0.982. The van der Waals surface area contributed by atoms with Gasteiger partial charge in [0.1, 0.15) is 18.2 Å². The quantitative estimate of drug-likeness (QED) is 0.796. The van der Waals surface area contributed by atoms with Gasteiger partial charge in [-0.3, -0.25) is 0 Å². The maximum Gasteiger partial charge on any atom is 0.335 e. The highest BCUT2D eigenvalue weighted by Crippen LogP contribution is 2.12. The molecule has 0 saturated carbocycles. The van der Waals surface area contributed by atoms with Crippen LogP contribution in [0.2, 0.25) is 0 Å². The van der Waals surface area contributed by atoms with Gasteiger partial charge in [-0.1, -0.05) is 0 Å². The first-order chi connectivity index (χ1) is 9.65. The van der Waals surface area contributed by atoms with Crippen LogP contribution < -0.4 is 10.1 Å². The van der Waals surface area contributed by atoms with Crippen LogP contribution in [0.4, 0.5) is 10.1 Å². The third-order valence-electron chi connectivity index (χ3n) is 2.65. The number of carboxylic acids is 1. The maximum absolute atomic E-state index is 12.7. The van der Waals surface area contributed by atoms with Crippen molar-refractivity contribution in [1.29, 1.82) is 0 Å². The van der Waals surface area contributed by atoms with Gasteiger partial charge in [0.15, 0.2) is 0 Å². The molecule has 2 rings (SSSR count). The van der Waals surface area contributed by atoms with E-state index in [4.69, 9.17) is 9.84 Å². The first-order valence-corrected chi connectivity index (χ1v) is 6.11. The molecule has 0 amide bonds. The fourth-order valence-corrected chi connectivity index (χ4v) is 1.63. The molecule has 0 bridgehead atoms. The number of hydrogen-bond donors (Lipinski definition) is 2. The molecule has 0 aliphatic carbocycles. The summed E-state index contributed by atoms with van der Waals surface area (Å²) in [7, 11) is 0. The van der Waals surface area contributed by atoms with Gasteiger partial charge in [0.25, 0.3) is 0 Å². The van der Waals surface area contributed by atoms with Crippen molar-refractivity contribution in [1.82, 2.24) is 0 Å². The molecule has 0 radical (unpaired) electrons. The van der Waals surface area contributed by atoms with Gasteiger partial charge in [-0.05, 0) is 48.5 Å². The minimum absolute atomic E-state index is 0.224. The van der Waals surface area contributed by atoms with E-state index in [9.17, 15) is 9.18 Å². The highest BCUT2D eigenvalue weighted by molar-refractivity contribution is 5.87. The van der Waals surface area contributed by atoms with E-state index in [2.05, 4.69) is 5.32 Å². The van der Waals surface area contributed by atoms with E-state index in [1.165, 1.54) is 24.3 Å². The molecule has 0 spiro atoms. The van der Waals surface area contributed by atoms with Crippen molar-refractivity contribution in [2.24, 2.45) is 0 Å². The van der Waals surface area contributed by atoms with Crippen LogP contribution in [0.1, 0.15) is 10.4 Å². The van der Waals surface area contributed by atoms with E-state index in [1.54, 1.807) is 24.3 Å². The number of rotatable bonds is 6. The summed E-state index contributed by atoms with van der Waals surface area (Å²) in [5.41, 5.74) is 1.04. The molecule has 2 aromatic rings. The van der Waals surface area contributed by atoms with Gasteiger partial charge in [-0.2, -0.15) is 0 Å². The minimum Gasteiger partial charge on any atom is -0.492 e. The summed E-state index contributed by atoms with van der Waals surface area (Å²) in [6.07, 6.45) is 0. The molecule has 2 aromatic carbocycles. The molecule has 104 valence electrons. The first kappa shape index (κ1) is 13.9. The van der Waals surface area contributed by atoms with Crippen molar-refractivity contribution >= 4 is 11.7 Å². The van der Waals surface area contributed by atoms with Gasteiger partial charge in [-0.25, -0.2) is 9.18 Å². The molecule has 4 nitrogen and oxygen atoms in total. The van der Waals surface area contributed by atoms with Gasteiger partial charge < -0.3 is 15.2 Å². The highest BCUT2D eigenvalue weighted by Gasteiger charge is 2.01. The third kappa shape index (κ3) is 3.98. The molecular formula is C15H14FNO3. The predicted molar refractivity (Wildman–Crippen MR) is 73.8 cm³/mol. The molecular weight excluding hydrogens is 261 g/mol. The zero-order valence-electron chi connectivity index (χ0n) is 10.7. The number of carbonyl (C=O) groups is 1. The van der Waals surface area contributed by atoms with Crippen LogP contribution in [-0.2, 0) is 0 Å². The Hall–Kier alpha value is -2.56. The van der Waals surface area contributed by atoms with Crippen LogP contribution in [-0.4, -0.2) is 24.2 Å². The van der Waals surface area contributed by atoms with Gasteiger partial charge in [0.2, 0.25) is 0 Å². The number of carboxylic acid groups (broad SMARTS) is 1. The molecule has 0 unspecified atom stereocenters. The molecule has 0 heterocycles. The standard InChI is InChI=1S/C15H14FNO3/c16-12-3-5-13(6-4-12)17-9-10-20-14-7-1-11(2-8-14)15(18)19/h1-8,17H,9-10H2,(H,18,19). The zero-order chi connectivity index (χ0) is 14.4. The smallest absolute Gasteiger partial charge is 0.335 e. The van der Waals surface area contributed by atoms with E-state index in [0.29, 0.717) is 18.9 Å². The van der Waals surface area contributed by atoms with Crippen molar-refractivity contribution in [3.63, 3.8) is 0 Å². The maximum atomic E-state index is 12.7. The molecule has 20 heavy (non-hydrogen) atoms. The topological polar surface area (TPSA) is 58.6 Å². The van der Waals surface area contributed by atoms with Crippen LogP contribution in [0.15, 0.2) is 48.5 Å². The Morgan fingerprint density at radius 3 is 2.35 bits per heavy atom. The monoisotopic (exact) mass is 275 g/mol. The number of hydrogen-bond acceptors (Lipinski definition) is 3. The summed E-state index contributed by atoms with van der Waals surface area (Å²) >= 11 is 0. The zero-order valence-corrected chi connectivity index (χ0v) is 10.7. The van der Waals surface area contributed by atoms with Crippen molar-refractivity contribution in [2.45, 2.75) is 0 Å². The van der Waals surface area contributed by atoms with Crippen molar-refractivity contribution in [2.75, 3.05) is 18.5 Å².